The number of alkyl carbamates (subject to hydrolysis) is 1. The first-order chi connectivity index (χ1) is 13.3. The van der Waals surface area contributed by atoms with Crippen molar-refractivity contribution in [1.29, 1.82) is 0 Å². The maximum atomic E-state index is 11.9. The average molecular weight is 394 g/mol. The molecule has 154 valence electrons. The van der Waals surface area contributed by atoms with Gasteiger partial charge in [0.25, 0.3) is 0 Å². The predicted molar refractivity (Wildman–Crippen MR) is 99.4 cm³/mol. The molecule has 0 fully saturated rings. The molecule has 0 spiro atoms. The van der Waals surface area contributed by atoms with Gasteiger partial charge in [-0.1, -0.05) is 37.3 Å². The SMILES string of the molecule is CCC(=O)CC[C@@H](NC(=O)C[C@H](O)CNC(=O)OCc1ccccc1)C(=O)O. The van der Waals surface area contributed by atoms with Crippen molar-refractivity contribution in [3.05, 3.63) is 35.9 Å². The van der Waals surface area contributed by atoms with Gasteiger partial charge in [-0.05, 0) is 12.0 Å². The number of amides is 2. The van der Waals surface area contributed by atoms with E-state index in [1.807, 2.05) is 18.2 Å². The van der Waals surface area contributed by atoms with Gasteiger partial charge in [0, 0.05) is 19.4 Å². The van der Waals surface area contributed by atoms with E-state index in [0.29, 0.717) is 6.42 Å². The zero-order valence-electron chi connectivity index (χ0n) is 15.7. The Hall–Kier alpha value is -2.94. The van der Waals surface area contributed by atoms with Crippen LogP contribution in [0, 0.1) is 0 Å². The molecule has 0 aromatic heterocycles. The van der Waals surface area contributed by atoms with E-state index >= 15 is 0 Å². The van der Waals surface area contributed by atoms with Crippen LogP contribution >= 0.6 is 0 Å². The molecule has 2 atom stereocenters. The molecule has 1 rings (SSSR count). The van der Waals surface area contributed by atoms with Crippen LogP contribution in [-0.2, 0) is 25.7 Å². The van der Waals surface area contributed by atoms with Crippen LogP contribution in [0.1, 0.15) is 38.2 Å². The molecule has 2 amide bonds. The van der Waals surface area contributed by atoms with Crippen molar-refractivity contribution in [2.75, 3.05) is 6.54 Å². The molecule has 0 bridgehead atoms. The number of hydrogen-bond donors (Lipinski definition) is 4. The first-order valence-electron chi connectivity index (χ1n) is 8.98. The lowest BCUT2D eigenvalue weighted by molar-refractivity contribution is -0.142. The molecule has 9 nitrogen and oxygen atoms in total. The van der Waals surface area contributed by atoms with E-state index in [-0.39, 0.29) is 31.8 Å². The average Bonchev–Trinajstić information content (AvgIpc) is 2.68. The lowest BCUT2D eigenvalue weighted by Gasteiger charge is -2.16. The first kappa shape index (κ1) is 23.1. The van der Waals surface area contributed by atoms with E-state index < -0.39 is 36.5 Å². The van der Waals surface area contributed by atoms with Gasteiger partial charge in [-0.3, -0.25) is 9.59 Å². The number of carboxylic acid groups (broad SMARTS) is 1. The third-order valence-electron chi connectivity index (χ3n) is 3.86. The van der Waals surface area contributed by atoms with Gasteiger partial charge in [-0.15, -0.1) is 0 Å². The van der Waals surface area contributed by atoms with Gasteiger partial charge in [-0.2, -0.15) is 0 Å². The molecule has 1 aromatic carbocycles. The number of aliphatic carboxylic acids is 1. The van der Waals surface area contributed by atoms with Crippen LogP contribution in [0.25, 0.3) is 0 Å². The third kappa shape index (κ3) is 9.67. The van der Waals surface area contributed by atoms with Crippen LogP contribution in [0.4, 0.5) is 4.79 Å². The van der Waals surface area contributed by atoms with E-state index in [4.69, 9.17) is 9.84 Å². The molecule has 4 N–H and O–H groups in total. The third-order valence-corrected chi connectivity index (χ3v) is 3.86. The molecule has 0 saturated heterocycles. The summed E-state index contributed by atoms with van der Waals surface area (Å²) < 4.78 is 4.97. The summed E-state index contributed by atoms with van der Waals surface area (Å²) in [4.78, 5) is 45.9. The number of carboxylic acids is 1. The van der Waals surface area contributed by atoms with Crippen molar-refractivity contribution >= 4 is 23.8 Å². The Morgan fingerprint density at radius 3 is 2.43 bits per heavy atom. The van der Waals surface area contributed by atoms with Crippen molar-refractivity contribution in [1.82, 2.24) is 10.6 Å². The van der Waals surface area contributed by atoms with Crippen LogP contribution in [0.3, 0.4) is 0 Å². The minimum absolute atomic E-state index is 0.0199. The fraction of sp³-hybridized carbons (Fsp3) is 0.474. The quantitative estimate of drug-likeness (QED) is 0.414. The highest BCUT2D eigenvalue weighted by Gasteiger charge is 2.22. The van der Waals surface area contributed by atoms with Gasteiger partial charge < -0.3 is 25.6 Å². The summed E-state index contributed by atoms with van der Waals surface area (Å²) >= 11 is 0. The lowest BCUT2D eigenvalue weighted by Crippen LogP contribution is -2.43. The zero-order valence-corrected chi connectivity index (χ0v) is 15.7. The number of carbonyl (C=O) groups is 4. The summed E-state index contributed by atoms with van der Waals surface area (Å²) in [6, 6.07) is 7.82. The normalized spacial score (nSPS) is 12.5. The Bertz CT molecular complexity index is 664. The number of benzene rings is 1. The highest BCUT2D eigenvalue weighted by atomic mass is 16.5. The van der Waals surface area contributed by atoms with Crippen LogP contribution in [-0.4, -0.2) is 52.7 Å². The van der Waals surface area contributed by atoms with Crippen LogP contribution < -0.4 is 10.6 Å². The van der Waals surface area contributed by atoms with E-state index in [1.54, 1.807) is 19.1 Å². The maximum absolute atomic E-state index is 11.9. The fourth-order valence-corrected chi connectivity index (χ4v) is 2.25. The minimum Gasteiger partial charge on any atom is -0.480 e. The Morgan fingerprint density at radius 2 is 1.82 bits per heavy atom. The summed E-state index contributed by atoms with van der Waals surface area (Å²) in [5, 5.41) is 23.5. The van der Waals surface area contributed by atoms with Gasteiger partial charge in [0.1, 0.15) is 18.4 Å². The van der Waals surface area contributed by atoms with Gasteiger partial charge in [-0.25, -0.2) is 9.59 Å². The van der Waals surface area contributed by atoms with Crippen LogP contribution in [0.5, 0.6) is 0 Å². The smallest absolute Gasteiger partial charge is 0.407 e. The minimum atomic E-state index is -1.26. The number of ketones is 1. The molecule has 1 aromatic rings. The van der Waals surface area contributed by atoms with Gasteiger partial charge in [0.2, 0.25) is 5.91 Å². The summed E-state index contributed by atoms with van der Waals surface area (Å²) in [5.74, 6) is -2.04. The van der Waals surface area contributed by atoms with Crippen LogP contribution in [0.2, 0.25) is 0 Å². The second-order valence-corrected chi connectivity index (χ2v) is 6.19. The number of nitrogens with one attached hydrogen (secondary N) is 2. The van der Waals surface area contributed by atoms with Crippen molar-refractivity contribution in [2.45, 2.75) is 51.4 Å². The first-order valence-corrected chi connectivity index (χ1v) is 8.98. The van der Waals surface area contributed by atoms with Gasteiger partial charge >= 0.3 is 12.1 Å². The molecule has 9 heteroatoms. The second-order valence-electron chi connectivity index (χ2n) is 6.19. The number of rotatable bonds is 12. The standard InChI is InChI=1S/C19H26N2O7/c1-2-14(22)8-9-16(18(25)26)21-17(24)10-15(23)11-20-19(27)28-12-13-6-4-3-5-7-13/h3-7,15-16,23H,2,8-12H2,1H3,(H,20,27)(H,21,24)(H,25,26)/t15-,16+/m0/s1. The molecule has 0 aliphatic heterocycles. The molecule has 0 unspecified atom stereocenters. The van der Waals surface area contributed by atoms with Crippen molar-refractivity contribution in [3.8, 4) is 0 Å². The summed E-state index contributed by atoms with van der Waals surface area (Å²) in [6.45, 7) is 1.51. The number of Topliss-reactive ketones (excluding diaryl/α,β-unsaturated/α-hetero) is 1. The Balaban J connectivity index is 2.31. The number of hydrogen-bond acceptors (Lipinski definition) is 6. The van der Waals surface area contributed by atoms with Crippen LogP contribution in [0.15, 0.2) is 30.3 Å². The molecule has 0 aliphatic carbocycles. The summed E-state index contributed by atoms with van der Waals surface area (Å²) in [6.07, 6.45) is -2.03. The number of aliphatic hydroxyl groups is 1. The zero-order chi connectivity index (χ0) is 20.9. The Labute approximate surface area is 163 Å². The predicted octanol–water partition coefficient (Wildman–Crippen LogP) is 0.992. The molecule has 0 heterocycles. The van der Waals surface area contributed by atoms with E-state index in [9.17, 15) is 24.3 Å². The molecule has 0 aliphatic rings. The fourth-order valence-electron chi connectivity index (χ4n) is 2.25. The number of carbonyl (C=O) groups excluding carboxylic acids is 3. The van der Waals surface area contributed by atoms with Gasteiger partial charge in [0.05, 0.1) is 12.5 Å². The molecule has 28 heavy (non-hydrogen) atoms. The van der Waals surface area contributed by atoms with E-state index in [1.165, 1.54) is 0 Å². The maximum Gasteiger partial charge on any atom is 0.407 e. The van der Waals surface area contributed by atoms with Crippen molar-refractivity contribution in [3.63, 3.8) is 0 Å². The largest absolute Gasteiger partial charge is 0.480 e. The Morgan fingerprint density at radius 1 is 1.14 bits per heavy atom. The molecular weight excluding hydrogens is 368 g/mol. The number of aliphatic hydroxyl groups excluding tert-OH is 1. The van der Waals surface area contributed by atoms with Crippen molar-refractivity contribution < 1.29 is 34.1 Å². The highest BCUT2D eigenvalue weighted by molar-refractivity contribution is 5.85. The monoisotopic (exact) mass is 394 g/mol. The molecule has 0 radical (unpaired) electrons. The second kappa shape index (κ2) is 12.4. The van der Waals surface area contributed by atoms with E-state index in [2.05, 4.69) is 10.6 Å². The molecule has 0 saturated carbocycles. The Kier molecular flexibility index (Phi) is 10.3. The number of ether oxygens (including phenoxy) is 1. The summed E-state index contributed by atoms with van der Waals surface area (Å²) in [7, 11) is 0. The van der Waals surface area contributed by atoms with E-state index in [0.717, 1.165) is 5.56 Å². The topological polar surface area (TPSA) is 142 Å². The summed E-state index contributed by atoms with van der Waals surface area (Å²) in [5.41, 5.74) is 0.804. The highest BCUT2D eigenvalue weighted by Crippen LogP contribution is 2.03. The lowest BCUT2D eigenvalue weighted by atomic mass is 10.1. The van der Waals surface area contributed by atoms with Gasteiger partial charge in [0.15, 0.2) is 0 Å². The van der Waals surface area contributed by atoms with Crippen molar-refractivity contribution in [2.24, 2.45) is 0 Å². The molecular formula is C19H26N2O7.